The van der Waals surface area contributed by atoms with Crippen molar-refractivity contribution in [3.05, 3.63) is 30.1 Å². The van der Waals surface area contributed by atoms with E-state index >= 15 is 0 Å². The van der Waals surface area contributed by atoms with Crippen LogP contribution in [0.25, 0.3) is 0 Å². The highest BCUT2D eigenvalue weighted by Gasteiger charge is 2.20. The summed E-state index contributed by atoms with van der Waals surface area (Å²) < 4.78 is 39.6. The lowest BCUT2D eigenvalue weighted by Gasteiger charge is -2.13. The fourth-order valence-corrected chi connectivity index (χ4v) is 3.29. The molecule has 96 valence electrons. The van der Waals surface area contributed by atoms with Crippen molar-refractivity contribution in [3.8, 4) is 0 Å². The molecule has 1 aromatic rings. The molecule has 0 amide bonds. The van der Waals surface area contributed by atoms with Crippen molar-refractivity contribution in [2.24, 2.45) is 0 Å². The Morgan fingerprint density at radius 2 is 2.06 bits per heavy atom. The summed E-state index contributed by atoms with van der Waals surface area (Å²) in [5.41, 5.74) is 0. The Kier molecular flexibility index (Phi) is 5.42. The van der Waals surface area contributed by atoms with Gasteiger partial charge in [-0.2, -0.15) is 11.8 Å². The van der Waals surface area contributed by atoms with Crippen molar-refractivity contribution >= 4 is 21.8 Å². The van der Waals surface area contributed by atoms with Crippen molar-refractivity contribution in [1.82, 2.24) is 4.72 Å². The molecule has 0 fully saturated rings. The molecular weight excluding hydrogens is 261 g/mol. The van der Waals surface area contributed by atoms with E-state index in [-0.39, 0.29) is 10.9 Å². The average Bonchev–Trinajstić information content (AvgIpc) is 2.26. The van der Waals surface area contributed by atoms with Gasteiger partial charge in [0.05, 0.1) is 0 Å². The standard InChI is InChI=1S/C11H16FNO2S2/c1-9(7-8-16-2)13-17(14,15)11-6-4-3-5-10(11)12/h3-6,9,13H,7-8H2,1-2H3. The van der Waals surface area contributed by atoms with Crippen molar-refractivity contribution < 1.29 is 12.8 Å². The molecule has 3 nitrogen and oxygen atoms in total. The number of rotatable bonds is 6. The second-order valence-electron chi connectivity index (χ2n) is 3.73. The van der Waals surface area contributed by atoms with E-state index in [4.69, 9.17) is 0 Å². The molecule has 1 rings (SSSR count). The Labute approximate surface area is 106 Å². The van der Waals surface area contributed by atoms with Crippen LogP contribution in [0.1, 0.15) is 13.3 Å². The van der Waals surface area contributed by atoms with Crippen molar-refractivity contribution in [1.29, 1.82) is 0 Å². The number of benzene rings is 1. The van der Waals surface area contributed by atoms with Crippen LogP contribution in [0.5, 0.6) is 0 Å². The number of hydrogen-bond acceptors (Lipinski definition) is 3. The first-order valence-electron chi connectivity index (χ1n) is 5.23. The van der Waals surface area contributed by atoms with E-state index in [1.807, 2.05) is 6.26 Å². The van der Waals surface area contributed by atoms with Gasteiger partial charge >= 0.3 is 0 Å². The summed E-state index contributed by atoms with van der Waals surface area (Å²) >= 11 is 1.65. The molecule has 0 saturated heterocycles. The largest absolute Gasteiger partial charge is 0.243 e. The molecule has 1 N–H and O–H groups in total. The SMILES string of the molecule is CSCCC(C)NS(=O)(=O)c1ccccc1F. The summed E-state index contributed by atoms with van der Waals surface area (Å²) in [6.45, 7) is 1.77. The second-order valence-corrected chi connectivity index (χ2v) is 6.40. The highest BCUT2D eigenvalue weighted by atomic mass is 32.2. The maximum atomic E-state index is 13.4. The monoisotopic (exact) mass is 277 g/mol. The van der Waals surface area contributed by atoms with E-state index in [2.05, 4.69) is 4.72 Å². The lowest BCUT2D eigenvalue weighted by atomic mass is 10.3. The zero-order valence-electron chi connectivity index (χ0n) is 9.81. The molecule has 0 aliphatic carbocycles. The lowest BCUT2D eigenvalue weighted by Crippen LogP contribution is -2.33. The summed E-state index contributed by atoms with van der Waals surface area (Å²) in [5.74, 6) is 0.137. The van der Waals surface area contributed by atoms with Crippen molar-refractivity contribution in [2.45, 2.75) is 24.3 Å². The van der Waals surface area contributed by atoms with E-state index in [1.165, 1.54) is 18.2 Å². The van der Waals surface area contributed by atoms with E-state index in [0.717, 1.165) is 18.2 Å². The first-order chi connectivity index (χ1) is 7.97. The minimum atomic E-state index is -3.75. The van der Waals surface area contributed by atoms with Gasteiger partial charge in [0.2, 0.25) is 10.0 Å². The lowest BCUT2D eigenvalue weighted by molar-refractivity contribution is 0.540. The molecule has 0 saturated carbocycles. The maximum Gasteiger partial charge on any atom is 0.243 e. The molecule has 17 heavy (non-hydrogen) atoms. The molecular formula is C11H16FNO2S2. The van der Waals surface area contributed by atoms with Gasteiger partial charge in [-0.05, 0) is 37.5 Å². The topological polar surface area (TPSA) is 46.2 Å². The summed E-state index contributed by atoms with van der Waals surface area (Å²) in [6, 6.07) is 5.17. The smallest absolute Gasteiger partial charge is 0.208 e. The van der Waals surface area contributed by atoms with Gasteiger partial charge in [0.1, 0.15) is 10.7 Å². The van der Waals surface area contributed by atoms with E-state index < -0.39 is 15.8 Å². The first kappa shape index (κ1) is 14.5. The van der Waals surface area contributed by atoms with Crippen molar-refractivity contribution in [2.75, 3.05) is 12.0 Å². The van der Waals surface area contributed by atoms with Gasteiger partial charge in [0, 0.05) is 6.04 Å². The van der Waals surface area contributed by atoms with Gasteiger partial charge in [0.15, 0.2) is 0 Å². The number of nitrogens with one attached hydrogen (secondary N) is 1. The number of hydrogen-bond donors (Lipinski definition) is 1. The fraction of sp³-hybridized carbons (Fsp3) is 0.455. The molecule has 0 aromatic heterocycles. The van der Waals surface area contributed by atoms with Crippen molar-refractivity contribution in [3.63, 3.8) is 0 Å². The summed E-state index contributed by atoms with van der Waals surface area (Å²) in [6.07, 6.45) is 2.67. The van der Waals surface area contributed by atoms with Gasteiger partial charge in [0.25, 0.3) is 0 Å². The Hall–Kier alpha value is -0.590. The minimum absolute atomic E-state index is 0.202. The van der Waals surface area contributed by atoms with Crippen LogP contribution < -0.4 is 4.72 Å². The highest BCUT2D eigenvalue weighted by molar-refractivity contribution is 7.98. The molecule has 1 unspecified atom stereocenters. The minimum Gasteiger partial charge on any atom is -0.208 e. The molecule has 0 aliphatic rings. The molecule has 0 aliphatic heterocycles. The van der Waals surface area contributed by atoms with Crippen LogP contribution >= 0.6 is 11.8 Å². The van der Waals surface area contributed by atoms with Crippen LogP contribution in [0, 0.1) is 5.82 Å². The summed E-state index contributed by atoms with van der Waals surface area (Å²) in [5, 5.41) is 0. The zero-order valence-corrected chi connectivity index (χ0v) is 11.4. The second kappa shape index (κ2) is 6.37. The number of halogens is 1. The summed E-state index contributed by atoms with van der Waals surface area (Å²) in [7, 11) is -3.75. The quantitative estimate of drug-likeness (QED) is 0.867. The van der Waals surface area contributed by atoms with Gasteiger partial charge < -0.3 is 0 Å². The predicted molar refractivity (Wildman–Crippen MR) is 69.2 cm³/mol. The molecule has 1 aromatic carbocycles. The molecule has 0 bridgehead atoms. The molecule has 0 radical (unpaired) electrons. The zero-order chi connectivity index (χ0) is 12.9. The highest BCUT2D eigenvalue weighted by Crippen LogP contribution is 2.14. The molecule has 1 atom stereocenters. The van der Waals surface area contributed by atoms with E-state index in [0.29, 0.717) is 0 Å². The van der Waals surface area contributed by atoms with E-state index in [9.17, 15) is 12.8 Å². The molecule has 0 heterocycles. The van der Waals surface area contributed by atoms with Crippen LogP contribution in [-0.2, 0) is 10.0 Å². The van der Waals surface area contributed by atoms with Crippen LogP contribution in [0.2, 0.25) is 0 Å². The molecule has 6 heteroatoms. The first-order valence-corrected chi connectivity index (χ1v) is 8.11. The third kappa shape index (κ3) is 4.29. The Bertz CT molecular complexity index is 462. The van der Waals surface area contributed by atoms with Crippen LogP contribution in [0.15, 0.2) is 29.2 Å². The fourth-order valence-electron chi connectivity index (χ4n) is 1.34. The maximum absolute atomic E-state index is 13.4. The Morgan fingerprint density at radius 1 is 1.41 bits per heavy atom. The Balaban J connectivity index is 2.79. The predicted octanol–water partition coefficient (Wildman–Crippen LogP) is 2.25. The van der Waals surface area contributed by atoms with E-state index in [1.54, 1.807) is 18.7 Å². The third-order valence-corrected chi connectivity index (χ3v) is 4.50. The normalized spacial score (nSPS) is 13.6. The van der Waals surface area contributed by atoms with Crippen LogP contribution in [0.3, 0.4) is 0 Å². The number of thioether (sulfide) groups is 1. The third-order valence-electron chi connectivity index (χ3n) is 2.24. The van der Waals surface area contributed by atoms with Gasteiger partial charge in [-0.15, -0.1) is 0 Å². The molecule has 0 spiro atoms. The average molecular weight is 277 g/mol. The van der Waals surface area contributed by atoms with Crippen LogP contribution in [0.4, 0.5) is 4.39 Å². The van der Waals surface area contributed by atoms with Gasteiger partial charge in [-0.3, -0.25) is 0 Å². The van der Waals surface area contributed by atoms with Gasteiger partial charge in [-0.25, -0.2) is 17.5 Å². The number of sulfonamides is 1. The van der Waals surface area contributed by atoms with Gasteiger partial charge in [-0.1, -0.05) is 12.1 Å². The van der Waals surface area contributed by atoms with Crippen LogP contribution in [-0.4, -0.2) is 26.5 Å². The Morgan fingerprint density at radius 3 is 2.65 bits per heavy atom. The summed E-state index contributed by atoms with van der Waals surface area (Å²) in [4.78, 5) is -0.295.